The number of piperazine rings is 1. The summed E-state index contributed by atoms with van der Waals surface area (Å²) in [6.45, 7) is 4.88. The summed E-state index contributed by atoms with van der Waals surface area (Å²) in [5, 5.41) is 12.6. The molecule has 0 spiro atoms. The molecule has 166 valence electrons. The summed E-state index contributed by atoms with van der Waals surface area (Å²) in [7, 11) is 3.39. The number of nitrogens with zero attached hydrogens (tertiary/aromatic N) is 6. The molecule has 4 rings (SSSR count). The highest BCUT2D eigenvalue weighted by molar-refractivity contribution is 5.85. The smallest absolute Gasteiger partial charge is 0.173 e. The van der Waals surface area contributed by atoms with E-state index in [-0.39, 0.29) is 18.4 Å². The first kappa shape index (κ1) is 23.0. The Bertz CT molecular complexity index is 931. The van der Waals surface area contributed by atoms with Gasteiger partial charge in [0.2, 0.25) is 0 Å². The summed E-state index contributed by atoms with van der Waals surface area (Å²) in [5.74, 6) is 1.74. The zero-order valence-electron chi connectivity index (χ0n) is 17.9. The van der Waals surface area contributed by atoms with Crippen LogP contribution in [0.1, 0.15) is 17.4 Å². The maximum Gasteiger partial charge on any atom is 0.173 e. The van der Waals surface area contributed by atoms with Crippen molar-refractivity contribution in [3.8, 4) is 5.75 Å². The molecule has 0 amide bonds. The summed E-state index contributed by atoms with van der Waals surface area (Å²) in [4.78, 5) is 4.86. The fourth-order valence-electron chi connectivity index (χ4n) is 3.95. The van der Waals surface area contributed by atoms with Crippen LogP contribution in [0.15, 0.2) is 54.6 Å². The molecule has 8 nitrogen and oxygen atoms in total. The lowest BCUT2D eigenvalue weighted by Gasteiger charge is -2.40. The van der Waals surface area contributed by atoms with E-state index in [1.165, 1.54) is 11.3 Å². The van der Waals surface area contributed by atoms with Gasteiger partial charge in [-0.1, -0.05) is 36.4 Å². The molecule has 1 aromatic heterocycles. The minimum atomic E-state index is 0. The second-order valence-electron chi connectivity index (χ2n) is 7.29. The first-order chi connectivity index (χ1) is 14.8. The summed E-state index contributed by atoms with van der Waals surface area (Å²) >= 11 is 0. The normalized spacial score (nSPS) is 15.4. The average Bonchev–Trinajstić information content (AvgIpc) is 3.27. The summed E-state index contributed by atoms with van der Waals surface area (Å²) in [6.07, 6.45) is 0. The molecular formula is C22H29ClN6O2. The number of rotatable bonds is 8. The monoisotopic (exact) mass is 444 g/mol. The van der Waals surface area contributed by atoms with E-state index in [9.17, 15) is 0 Å². The number of methoxy groups -OCH3 is 2. The minimum absolute atomic E-state index is 0. The summed E-state index contributed by atoms with van der Waals surface area (Å²) in [6, 6.07) is 18.7. The molecule has 9 heteroatoms. The Labute approximate surface area is 189 Å². The maximum atomic E-state index is 5.38. The highest BCUT2D eigenvalue weighted by Crippen LogP contribution is 2.29. The van der Waals surface area contributed by atoms with Crippen molar-refractivity contribution in [3.63, 3.8) is 0 Å². The molecule has 1 atom stereocenters. The van der Waals surface area contributed by atoms with Crippen LogP contribution in [-0.2, 0) is 11.3 Å². The molecule has 0 N–H and O–H groups in total. The van der Waals surface area contributed by atoms with Crippen molar-refractivity contribution in [2.24, 2.45) is 0 Å². The topological polar surface area (TPSA) is 68.5 Å². The van der Waals surface area contributed by atoms with Gasteiger partial charge in [-0.15, -0.1) is 17.5 Å². The Kier molecular flexibility index (Phi) is 8.22. The number of halogens is 1. The summed E-state index contributed by atoms with van der Waals surface area (Å²) < 4.78 is 12.5. The second-order valence-corrected chi connectivity index (χ2v) is 7.29. The number of benzene rings is 2. The zero-order valence-corrected chi connectivity index (χ0v) is 18.7. The number of tetrazole rings is 1. The van der Waals surface area contributed by atoms with Crippen LogP contribution in [0.5, 0.6) is 5.75 Å². The molecule has 0 saturated carbocycles. The molecule has 31 heavy (non-hydrogen) atoms. The molecule has 1 saturated heterocycles. The predicted octanol–water partition coefficient (Wildman–Crippen LogP) is 2.66. The van der Waals surface area contributed by atoms with Gasteiger partial charge in [-0.2, -0.15) is 0 Å². The van der Waals surface area contributed by atoms with Crippen LogP contribution < -0.4 is 9.64 Å². The van der Waals surface area contributed by atoms with Gasteiger partial charge in [0.25, 0.3) is 0 Å². The van der Waals surface area contributed by atoms with Crippen LogP contribution in [-0.4, -0.2) is 72.1 Å². The van der Waals surface area contributed by atoms with Crippen LogP contribution in [0.2, 0.25) is 0 Å². The number of hydrogen-bond donors (Lipinski definition) is 0. The third kappa shape index (κ3) is 5.33. The second kappa shape index (κ2) is 11.1. The Morgan fingerprint density at radius 1 is 0.968 bits per heavy atom. The van der Waals surface area contributed by atoms with Gasteiger partial charge in [-0.3, -0.25) is 4.90 Å². The lowest BCUT2D eigenvalue weighted by molar-refractivity contribution is 0.171. The predicted molar refractivity (Wildman–Crippen MR) is 122 cm³/mol. The van der Waals surface area contributed by atoms with Crippen LogP contribution in [0.4, 0.5) is 5.69 Å². The highest BCUT2D eigenvalue weighted by atomic mass is 35.5. The Balaban J connectivity index is 0.00000272. The van der Waals surface area contributed by atoms with E-state index in [2.05, 4.69) is 61.7 Å². The number of ether oxygens (including phenoxy) is 2. The third-order valence-corrected chi connectivity index (χ3v) is 5.52. The van der Waals surface area contributed by atoms with E-state index >= 15 is 0 Å². The van der Waals surface area contributed by atoms with Gasteiger partial charge in [-0.05, 0) is 28.1 Å². The first-order valence-electron chi connectivity index (χ1n) is 10.2. The Hall–Kier alpha value is -2.68. The van der Waals surface area contributed by atoms with E-state index in [0.29, 0.717) is 13.2 Å². The lowest BCUT2D eigenvalue weighted by Crippen LogP contribution is -2.48. The van der Waals surface area contributed by atoms with Crippen molar-refractivity contribution in [2.75, 3.05) is 51.9 Å². The molecule has 1 unspecified atom stereocenters. The molecule has 0 radical (unpaired) electrons. The molecule has 1 aliphatic heterocycles. The van der Waals surface area contributed by atoms with Crippen LogP contribution in [0, 0.1) is 0 Å². The van der Waals surface area contributed by atoms with Crippen LogP contribution >= 0.6 is 12.4 Å². The van der Waals surface area contributed by atoms with E-state index in [0.717, 1.165) is 37.8 Å². The van der Waals surface area contributed by atoms with Crippen molar-refractivity contribution >= 4 is 18.1 Å². The van der Waals surface area contributed by atoms with E-state index < -0.39 is 0 Å². The lowest BCUT2D eigenvalue weighted by atomic mass is 10.0. The van der Waals surface area contributed by atoms with Gasteiger partial charge in [0.1, 0.15) is 5.75 Å². The number of aromatic nitrogens is 4. The van der Waals surface area contributed by atoms with E-state index in [1.807, 2.05) is 22.9 Å². The molecule has 1 fully saturated rings. The van der Waals surface area contributed by atoms with Crippen molar-refractivity contribution in [1.29, 1.82) is 0 Å². The molecule has 2 aromatic carbocycles. The molecule has 1 aliphatic rings. The Morgan fingerprint density at radius 3 is 2.45 bits per heavy atom. The van der Waals surface area contributed by atoms with E-state index in [1.54, 1.807) is 14.2 Å². The standard InChI is InChI=1S/C22H28N6O2.ClH/c1-29-16-15-28-22(23-24-25-28)21(18-7-4-3-5-8-18)27-13-11-26(12-14-27)19-9-6-10-20(17-19)30-2;/h3-10,17,21H,11-16H2,1-2H3;1H. The van der Waals surface area contributed by atoms with Crippen molar-refractivity contribution in [2.45, 2.75) is 12.6 Å². The van der Waals surface area contributed by atoms with Gasteiger partial charge in [0.15, 0.2) is 5.82 Å². The van der Waals surface area contributed by atoms with Crippen molar-refractivity contribution in [3.05, 3.63) is 66.0 Å². The van der Waals surface area contributed by atoms with Crippen molar-refractivity contribution in [1.82, 2.24) is 25.1 Å². The fraction of sp³-hybridized carbons (Fsp3) is 0.409. The fourth-order valence-corrected chi connectivity index (χ4v) is 3.95. The molecule has 0 bridgehead atoms. The summed E-state index contributed by atoms with van der Waals surface area (Å²) in [5.41, 5.74) is 2.39. The highest BCUT2D eigenvalue weighted by Gasteiger charge is 2.30. The largest absolute Gasteiger partial charge is 0.497 e. The van der Waals surface area contributed by atoms with Crippen LogP contribution in [0.3, 0.4) is 0 Å². The average molecular weight is 445 g/mol. The third-order valence-electron chi connectivity index (χ3n) is 5.52. The minimum Gasteiger partial charge on any atom is -0.497 e. The van der Waals surface area contributed by atoms with Gasteiger partial charge in [0.05, 0.1) is 26.3 Å². The quantitative estimate of drug-likeness (QED) is 0.529. The van der Waals surface area contributed by atoms with Gasteiger partial charge in [0, 0.05) is 45.0 Å². The van der Waals surface area contributed by atoms with Gasteiger partial charge in [-0.25, -0.2) is 4.68 Å². The van der Waals surface area contributed by atoms with Gasteiger partial charge >= 0.3 is 0 Å². The van der Waals surface area contributed by atoms with Crippen LogP contribution in [0.25, 0.3) is 0 Å². The molecular weight excluding hydrogens is 416 g/mol. The van der Waals surface area contributed by atoms with Crippen molar-refractivity contribution < 1.29 is 9.47 Å². The van der Waals surface area contributed by atoms with E-state index in [4.69, 9.17) is 9.47 Å². The SMILES string of the molecule is COCCn1nnnc1C(c1ccccc1)N1CCN(c2cccc(OC)c2)CC1.Cl. The Morgan fingerprint density at radius 2 is 1.74 bits per heavy atom. The first-order valence-corrected chi connectivity index (χ1v) is 10.2. The number of anilines is 1. The number of hydrogen-bond acceptors (Lipinski definition) is 7. The maximum absolute atomic E-state index is 5.38. The zero-order chi connectivity index (χ0) is 20.8. The molecule has 0 aliphatic carbocycles. The van der Waals surface area contributed by atoms with Gasteiger partial charge < -0.3 is 14.4 Å². The molecule has 2 heterocycles. The molecule has 3 aromatic rings.